The molecule has 1 aromatic rings. The van der Waals surface area contributed by atoms with E-state index in [1.165, 1.54) is 0 Å². The van der Waals surface area contributed by atoms with Crippen molar-refractivity contribution < 1.29 is 0 Å². The van der Waals surface area contributed by atoms with Crippen LogP contribution in [0.4, 0.5) is 0 Å². The molecule has 0 saturated heterocycles. The molecule has 0 fully saturated rings. The van der Waals surface area contributed by atoms with E-state index >= 15 is 0 Å². The third-order valence-electron chi connectivity index (χ3n) is 1.84. The van der Waals surface area contributed by atoms with Crippen LogP contribution in [-0.4, -0.2) is 0 Å². The summed E-state index contributed by atoms with van der Waals surface area (Å²) >= 11 is 15.5. The van der Waals surface area contributed by atoms with Crippen LogP contribution in [0.5, 0.6) is 0 Å². The predicted molar refractivity (Wildman–Crippen MR) is 63.0 cm³/mol. The molecule has 0 nitrogen and oxygen atoms in total. The van der Waals surface area contributed by atoms with Gasteiger partial charge in [-0.15, -0.1) is 0 Å². The monoisotopic (exact) mass is 280 g/mol. The zero-order valence-corrected chi connectivity index (χ0v) is 10.6. The minimum absolute atomic E-state index is 0.263. The molecule has 0 aromatic heterocycles. The van der Waals surface area contributed by atoms with Gasteiger partial charge in [-0.05, 0) is 29.7 Å². The van der Waals surface area contributed by atoms with Crippen molar-refractivity contribution in [3.63, 3.8) is 0 Å². The van der Waals surface area contributed by atoms with E-state index in [4.69, 9.17) is 23.2 Å². The molecule has 0 saturated carbocycles. The molecule has 0 radical (unpaired) electrons. The predicted octanol–water partition coefficient (Wildman–Crippen LogP) is 5.09. The van der Waals surface area contributed by atoms with Gasteiger partial charge in [-0.2, -0.15) is 0 Å². The first-order chi connectivity index (χ1) is 6.02. The minimum Gasteiger partial charge on any atom is -0.0843 e. The smallest absolute Gasteiger partial charge is 0.0450 e. The zero-order chi connectivity index (χ0) is 10.0. The van der Waals surface area contributed by atoms with Crippen LogP contribution >= 0.6 is 39.1 Å². The van der Waals surface area contributed by atoms with Crippen LogP contribution in [0.2, 0.25) is 10.0 Å². The topological polar surface area (TPSA) is 0 Å². The van der Waals surface area contributed by atoms with Crippen molar-refractivity contribution >= 4 is 39.1 Å². The largest absolute Gasteiger partial charge is 0.0843 e. The second kappa shape index (κ2) is 4.68. The van der Waals surface area contributed by atoms with Crippen molar-refractivity contribution in [2.75, 3.05) is 0 Å². The maximum atomic E-state index is 6.05. The van der Waals surface area contributed by atoms with Crippen LogP contribution in [0.1, 0.15) is 24.2 Å². The SMILES string of the molecule is CC(C)C(Br)c1cc(Cl)ccc1Cl. The highest BCUT2D eigenvalue weighted by Gasteiger charge is 2.15. The van der Waals surface area contributed by atoms with Gasteiger partial charge in [0.2, 0.25) is 0 Å². The zero-order valence-electron chi connectivity index (χ0n) is 7.52. The quantitative estimate of drug-likeness (QED) is 0.663. The number of rotatable bonds is 2. The Labute approximate surface area is 97.4 Å². The Bertz CT molecular complexity index is 297. The number of halogens is 3. The molecular formula is C10H11BrCl2. The Kier molecular flexibility index (Phi) is 4.08. The molecular weight excluding hydrogens is 271 g/mol. The van der Waals surface area contributed by atoms with Crippen LogP contribution in [-0.2, 0) is 0 Å². The average Bonchev–Trinajstić information content (AvgIpc) is 2.08. The molecule has 0 aliphatic carbocycles. The summed E-state index contributed by atoms with van der Waals surface area (Å²) in [6, 6.07) is 5.53. The molecule has 0 bridgehead atoms. The third kappa shape index (κ3) is 2.87. The van der Waals surface area contributed by atoms with Crippen LogP contribution in [0.3, 0.4) is 0 Å². The summed E-state index contributed by atoms with van der Waals surface area (Å²) in [5.41, 5.74) is 1.06. The number of hydrogen-bond donors (Lipinski definition) is 0. The summed E-state index contributed by atoms with van der Waals surface area (Å²) in [6.07, 6.45) is 0. The molecule has 0 spiro atoms. The highest BCUT2D eigenvalue weighted by molar-refractivity contribution is 9.09. The maximum Gasteiger partial charge on any atom is 0.0450 e. The minimum atomic E-state index is 0.263. The van der Waals surface area contributed by atoms with Gasteiger partial charge in [-0.25, -0.2) is 0 Å². The van der Waals surface area contributed by atoms with Gasteiger partial charge >= 0.3 is 0 Å². The Morgan fingerprint density at radius 3 is 2.38 bits per heavy atom. The van der Waals surface area contributed by atoms with Gasteiger partial charge in [0.05, 0.1) is 0 Å². The van der Waals surface area contributed by atoms with Crippen molar-refractivity contribution in [1.82, 2.24) is 0 Å². The van der Waals surface area contributed by atoms with E-state index in [0.717, 1.165) is 15.6 Å². The fraction of sp³-hybridized carbons (Fsp3) is 0.400. The molecule has 1 atom stereocenters. The van der Waals surface area contributed by atoms with Gasteiger partial charge < -0.3 is 0 Å². The molecule has 0 heterocycles. The molecule has 13 heavy (non-hydrogen) atoms. The van der Waals surface area contributed by atoms with Crippen LogP contribution in [0, 0.1) is 5.92 Å². The fourth-order valence-corrected chi connectivity index (χ4v) is 2.01. The normalized spacial score (nSPS) is 13.4. The fourth-order valence-electron chi connectivity index (χ4n) is 1.09. The van der Waals surface area contributed by atoms with E-state index in [9.17, 15) is 0 Å². The van der Waals surface area contributed by atoms with Gasteiger partial charge in [0.25, 0.3) is 0 Å². The Balaban J connectivity index is 3.05. The summed E-state index contributed by atoms with van der Waals surface area (Å²) in [5, 5.41) is 1.49. The van der Waals surface area contributed by atoms with E-state index in [1.54, 1.807) is 6.07 Å². The number of alkyl halides is 1. The molecule has 0 amide bonds. The van der Waals surface area contributed by atoms with Crippen LogP contribution < -0.4 is 0 Å². The summed E-state index contributed by atoms with van der Waals surface area (Å²) in [5.74, 6) is 0.496. The average molecular weight is 282 g/mol. The molecule has 0 N–H and O–H groups in total. The lowest BCUT2D eigenvalue weighted by Gasteiger charge is -2.15. The van der Waals surface area contributed by atoms with Crippen molar-refractivity contribution in [1.29, 1.82) is 0 Å². The van der Waals surface area contributed by atoms with Gasteiger partial charge in [0.1, 0.15) is 0 Å². The first-order valence-corrected chi connectivity index (χ1v) is 5.78. The van der Waals surface area contributed by atoms with Gasteiger partial charge in [-0.1, -0.05) is 53.0 Å². The summed E-state index contributed by atoms with van der Waals surface area (Å²) < 4.78 is 0. The van der Waals surface area contributed by atoms with E-state index in [-0.39, 0.29) is 4.83 Å². The van der Waals surface area contributed by atoms with Crippen LogP contribution in [0.15, 0.2) is 18.2 Å². The van der Waals surface area contributed by atoms with Crippen molar-refractivity contribution in [2.24, 2.45) is 5.92 Å². The molecule has 72 valence electrons. The van der Waals surface area contributed by atoms with Gasteiger partial charge in [0.15, 0.2) is 0 Å². The number of hydrogen-bond acceptors (Lipinski definition) is 0. The first kappa shape index (κ1) is 11.4. The van der Waals surface area contributed by atoms with E-state index in [1.807, 2.05) is 12.1 Å². The van der Waals surface area contributed by atoms with Crippen molar-refractivity contribution in [3.05, 3.63) is 33.8 Å². The Hall–Kier alpha value is 0.280. The summed E-state index contributed by atoms with van der Waals surface area (Å²) in [6.45, 7) is 4.27. The maximum absolute atomic E-state index is 6.05. The molecule has 3 heteroatoms. The molecule has 0 aliphatic heterocycles. The second-order valence-electron chi connectivity index (χ2n) is 3.31. The van der Waals surface area contributed by atoms with Crippen LogP contribution in [0.25, 0.3) is 0 Å². The highest BCUT2D eigenvalue weighted by Crippen LogP contribution is 2.36. The van der Waals surface area contributed by atoms with E-state index in [0.29, 0.717) is 5.92 Å². The first-order valence-electron chi connectivity index (χ1n) is 4.11. The Morgan fingerprint density at radius 2 is 1.85 bits per heavy atom. The van der Waals surface area contributed by atoms with Gasteiger partial charge in [0, 0.05) is 14.9 Å². The van der Waals surface area contributed by atoms with E-state index < -0.39 is 0 Å². The molecule has 1 aromatic carbocycles. The molecule has 0 aliphatic rings. The van der Waals surface area contributed by atoms with Gasteiger partial charge in [-0.3, -0.25) is 0 Å². The summed E-state index contributed by atoms with van der Waals surface area (Å²) in [7, 11) is 0. The van der Waals surface area contributed by atoms with Crippen molar-refractivity contribution in [2.45, 2.75) is 18.7 Å². The lowest BCUT2D eigenvalue weighted by molar-refractivity contribution is 0.641. The summed E-state index contributed by atoms with van der Waals surface area (Å²) in [4.78, 5) is 0.263. The third-order valence-corrected chi connectivity index (χ3v) is 3.97. The lowest BCUT2D eigenvalue weighted by Crippen LogP contribution is -1.99. The highest BCUT2D eigenvalue weighted by atomic mass is 79.9. The second-order valence-corrected chi connectivity index (χ2v) is 5.14. The standard InChI is InChI=1S/C10H11BrCl2/c1-6(2)10(11)8-5-7(12)3-4-9(8)13/h3-6,10H,1-2H3. The molecule has 1 unspecified atom stereocenters. The van der Waals surface area contributed by atoms with E-state index in [2.05, 4.69) is 29.8 Å². The number of benzene rings is 1. The lowest BCUT2D eigenvalue weighted by atomic mass is 10.0. The van der Waals surface area contributed by atoms with Crippen molar-refractivity contribution in [3.8, 4) is 0 Å². The molecule has 1 rings (SSSR count). The Morgan fingerprint density at radius 1 is 1.23 bits per heavy atom.